The summed E-state index contributed by atoms with van der Waals surface area (Å²) in [6.07, 6.45) is 6.00. The van der Waals surface area contributed by atoms with Crippen LogP contribution in [0.15, 0.2) is 115 Å². The zero-order chi connectivity index (χ0) is 42.8. The number of tetrazole rings is 1. The Bertz CT molecular complexity index is 2840. The number of H-pyrrole nitrogens is 2. The molecule has 8 aromatic rings. The number of phenols is 1. The molecule has 1 amide bonds. The van der Waals surface area contributed by atoms with E-state index in [-0.39, 0.29) is 18.8 Å². The summed E-state index contributed by atoms with van der Waals surface area (Å²) in [6, 6.07) is 35.6. The number of aromatic nitrogens is 7. The largest absolute Gasteiger partial charge is 0.508 e. The number of rotatable bonds is 12. The highest BCUT2D eigenvalue weighted by Crippen LogP contribution is 2.37. The fourth-order valence-electron chi connectivity index (χ4n) is 8.38. The van der Waals surface area contributed by atoms with Crippen LogP contribution in [0.1, 0.15) is 80.5 Å². The van der Waals surface area contributed by atoms with E-state index in [1.54, 1.807) is 51.1 Å². The number of carbonyl (C=O) groups excluding carboxylic acids is 2. The molecule has 0 saturated heterocycles. The van der Waals surface area contributed by atoms with Crippen LogP contribution in [-0.4, -0.2) is 63.8 Å². The van der Waals surface area contributed by atoms with Crippen molar-refractivity contribution in [3.8, 4) is 45.4 Å². The molecule has 9 rings (SSSR count). The minimum absolute atomic E-state index is 0.120. The van der Waals surface area contributed by atoms with Crippen LogP contribution in [0.25, 0.3) is 55.8 Å². The Labute approximate surface area is 358 Å². The van der Waals surface area contributed by atoms with Gasteiger partial charge in [-0.25, -0.2) is 9.78 Å². The van der Waals surface area contributed by atoms with Gasteiger partial charge in [-0.2, -0.15) is 5.21 Å². The van der Waals surface area contributed by atoms with Crippen LogP contribution >= 0.6 is 0 Å². The highest BCUT2D eigenvalue weighted by molar-refractivity contribution is 5.98. The third-order valence-corrected chi connectivity index (χ3v) is 11.3. The van der Waals surface area contributed by atoms with E-state index < -0.39 is 23.5 Å². The number of ether oxygens (including phenoxy) is 2. The lowest BCUT2D eigenvalue weighted by Crippen LogP contribution is -2.45. The van der Waals surface area contributed by atoms with E-state index in [2.05, 4.69) is 41.6 Å². The first-order valence-corrected chi connectivity index (χ1v) is 21.1. The van der Waals surface area contributed by atoms with Crippen molar-refractivity contribution in [3.05, 3.63) is 132 Å². The van der Waals surface area contributed by atoms with Gasteiger partial charge >= 0.3 is 5.97 Å². The van der Waals surface area contributed by atoms with Gasteiger partial charge in [0.2, 0.25) is 5.82 Å². The van der Waals surface area contributed by atoms with Gasteiger partial charge < -0.3 is 29.4 Å². The topological polar surface area (TPSA) is 173 Å². The highest BCUT2D eigenvalue weighted by atomic mass is 16.6. The summed E-state index contributed by atoms with van der Waals surface area (Å²) >= 11 is 0. The quantitative estimate of drug-likeness (QED) is 0.0875. The number of aromatic amines is 2. The molecule has 1 aliphatic carbocycles. The molecule has 5 aromatic carbocycles. The number of benzene rings is 5. The molecule has 13 nitrogen and oxygen atoms in total. The molecule has 0 spiro atoms. The first-order valence-electron chi connectivity index (χ1n) is 21.1. The standard InChI is InChI=1S/C49H48N8O5/c1-49(2,3)62-48(60)43(28-36-25-32-10-7-8-15-41(32)50-36)52-47(59)34-18-22-40(31-11-9-14-38(58)26-31)35(24-34)29-61-39-20-16-30(17-21-39)46-51-42-27-33(45-53-55-56-54-45)19-23-44(42)57(46)37-12-5-4-6-13-37/h7-11,14-27,37,43,50,58H,4-6,12-13,28-29H2,1-3H3,(H,52,59)(H,53,54,55,56). The van der Waals surface area contributed by atoms with Crippen LogP contribution in [-0.2, 0) is 22.6 Å². The van der Waals surface area contributed by atoms with E-state index in [0.29, 0.717) is 28.7 Å². The van der Waals surface area contributed by atoms with E-state index in [4.69, 9.17) is 14.5 Å². The molecule has 0 bridgehead atoms. The maximum absolute atomic E-state index is 14.0. The normalized spacial score (nSPS) is 13.9. The number of aromatic hydroxyl groups is 1. The average molecular weight is 829 g/mol. The third-order valence-electron chi connectivity index (χ3n) is 11.3. The number of hydrogen-bond donors (Lipinski definition) is 4. The number of imidazole rings is 1. The monoisotopic (exact) mass is 828 g/mol. The lowest BCUT2D eigenvalue weighted by atomic mass is 9.95. The molecule has 4 N–H and O–H groups in total. The van der Waals surface area contributed by atoms with Crippen molar-refractivity contribution in [1.29, 1.82) is 0 Å². The first kappa shape index (κ1) is 40.1. The smallest absolute Gasteiger partial charge is 0.329 e. The molecule has 13 heteroatoms. The Morgan fingerprint density at radius 1 is 0.871 bits per heavy atom. The summed E-state index contributed by atoms with van der Waals surface area (Å²) < 4.78 is 14.6. The zero-order valence-electron chi connectivity index (χ0n) is 34.9. The number of nitrogens with zero attached hydrogens (tertiary/aromatic N) is 5. The van der Waals surface area contributed by atoms with Crippen LogP contribution in [0.4, 0.5) is 0 Å². The molecule has 0 aliphatic heterocycles. The number of nitrogens with one attached hydrogen (secondary N) is 3. The number of carbonyl (C=O) groups is 2. The molecule has 1 fully saturated rings. The second-order valence-corrected chi connectivity index (χ2v) is 16.9. The zero-order valence-corrected chi connectivity index (χ0v) is 34.9. The predicted molar refractivity (Wildman–Crippen MR) is 237 cm³/mol. The maximum Gasteiger partial charge on any atom is 0.329 e. The number of fused-ring (bicyclic) bond motifs is 2. The molecule has 62 heavy (non-hydrogen) atoms. The molecule has 314 valence electrons. The van der Waals surface area contributed by atoms with Gasteiger partial charge in [0.25, 0.3) is 5.91 Å². The fourth-order valence-corrected chi connectivity index (χ4v) is 8.38. The molecule has 0 radical (unpaired) electrons. The van der Waals surface area contributed by atoms with Crippen molar-refractivity contribution in [2.45, 2.75) is 83.6 Å². The number of esters is 1. The van der Waals surface area contributed by atoms with Gasteiger partial charge in [-0.1, -0.05) is 55.7 Å². The highest BCUT2D eigenvalue weighted by Gasteiger charge is 2.29. The van der Waals surface area contributed by atoms with Crippen LogP contribution in [0.5, 0.6) is 11.5 Å². The van der Waals surface area contributed by atoms with Gasteiger partial charge in [0.15, 0.2) is 0 Å². The molecular formula is C49H48N8O5. The molecule has 3 aromatic heterocycles. The predicted octanol–water partition coefficient (Wildman–Crippen LogP) is 9.50. The number of para-hydroxylation sites is 1. The summed E-state index contributed by atoms with van der Waals surface area (Å²) in [5, 5.41) is 28.9. The minimum atomic E-state index is -0.961. The number of phenolic OH excluding ortho intramolecular Hbond substituents is 1. The van der Waals surface area contributed by atoms with Gasteiger partial charge in [-0.15, -0.1) is 10.2 Å². The van der Waals surface area contributed by atoms with Crippen molar-refractivity contribution < 1.29 is 24.2 Å². The van der Waals surface area contributed by atoms with Gasteiger partial charge in [0, 0.05) is 40.4 Å². The van der Waals surface area contributed by atoms with Crippen molar-refractivity contribution in [1.82, 2.24) is 40.5 Å². The Kier molecular flexibility index (Phi) is 11.0. The lowest BCUT2D eigenvalue weighted by molar-refractivity contribution is -0.157. The second kappa shape index (κ2) is 17.0. The van der Waals surface area contributed by atoms with Crippen LogP contribution < -0.4 is 10.1 Å². The van der Waals surface area contributed by atoms with E-state index in [1.165, 1.54) is 19.3 Å². The molecule has 1 unspecified atom stereocenters. The Morgan fingerprint density at radius 3 is 2.44 bits per heavy atom. The Morgan fingerprint density at radius 2 is 1.68 bits per heavy atom. The van der Waals surface area contributed by atoms with Crippen molar-refractivity contribution in [3.63, 3.8) is 0 Å². The summed E-state index contributed by atoms with van der Waals surface area (Å²) in [7, 11) is 0. The van der Waals surface area contributed by atoms with Crippen LogP contribution in [0.2, 0.25) is 0 Å². The lowest BCUT2D eigenvalue weighted by Gasteiger charge is -2.25. The third kappa shape index (κ3) is 8.78. The first-order chi connectivity index (χ1) is 30.0. The van der Waals surface area contributed by atoms with Crippen molar-refractivity contribution in [2.24, 2.45) is 0 Å². The maximum atomic E-state index is 14.0. The van der Waals surface area contributed by atoms with E-state index >= 15 is 0 Å². The molecule has 1 aliphatic rings. The average Bonchev–Trinajstić information content (AvgIpc) is 4.04. The molecule has 1 atom stereocenters. The SMILES string of the molecule is CC(C)(C)OC(=O)C(Cc1cc2ccccc2[nH]1)NC(=O)c1ccc(-c2cccc(O)c2)c(COc2ccc(-c3nc4cc(-c5nn[nH]n5)ccc4n3C3CCCCC3)cc2)c1. The fraction of sp³-hybridized carbons (Fsp3) is 0.265. The Balaban J connectivity index is 0.985. The molecule has 1 saturated carbocycles. The van der Waals surface area contributed by atoms with E-state index in [0.717, 1.165) is 68.6 Å². The summed E-state index contributed by atoms with van der Waals surface area (Å²) in [5.41, 5.74) is 7.34. The minimum Gasteiger partial charge on any atom is -0.508 e. The van der Waals surface area contributed by atoms with Gasteiger partial charge in [-0.05, 0) is 140 Å². The molecule has 3 heterocycles. The van der Waals surface area contributed by atoms with Crippen molar-refractivity contribution >= 4 is 33.8 Å². The molecular weight excluding hydrogens is 781 g/mol. The van der Waals surface area contributed by atoms with Crippen LogP contribution in [0, 0.1) is 0 Å². The number of amides is 1. The van der Waals surface area contributed by atoms with Gasteiger partial charge in [-0.3, -0.25) is 4.79 Å². The van der Waals surface area contributed by atoms with E-state index in [9.17, 15) is 14.7 Å². The van der Waals surface area contributed by atoms with Gasteiger partial charge in [0.05, 0.1) is 11.0 Å². The van der Waals surface area contributed by atoms with E-state index in [1.807, 2.05) is 78.9 Å². The summed E-state index contributed by atoms with van der Waals surface area (Å²) in [6.45, 7) is 5.52. The van der Waals surface area contributed by atoms with Crippen LogP contribution in [0.3, 0.4) is 0 Å². The Hall–Kier alpha value is -7.28. The second-order valence-electron chi connectivity index (χ2n) is 16.9. The number of hydrogen-bond acceptors (Lipinski definition) is 9. The summed E-state index contributed by atoms with van der Waals surface area (Å²) in [4.78, 5) is 36.1. The van der Waals surface area contributed by atoms with Crippen molar-refractivity contribution in [2.75, 3.05) is 0 Å². The van der Waals surface area contributed by atoms with Gasteiger partial charge in [0.1, 0.15) is 35.6 Å². The summed E-state index contributed by atoms with van der Waals surface area (Å²) in [5.74, 6) is 1.20.